The Balaban J connectivity index is 4.00. The number of ether oxygens (including phenoxy) is 4. The molecule has 0 heterocycles. The molecule has 0 aliphatic rings. The number of allylic oxidation sites excluding steroid dienone is 14. The molecule has 0 aromatic rings. The molecule has 9 nitrogen and oxygen atoms in total. The number of likely N-dealkylation sites (N-methyl/N-ethyl adjacent to an activating group) is 1. The van der Waals surface area contributed by atoms with Gasteiger partial charge in [-0.2, -0.15) is 0 Å². The number of carbonyl (C=O) groups is 3. The molecule has 0 fully saturated rings. The minimum Gasteiger partial charge on any atom is -0.545 e. The van der Waals surface area contributed by atoms with Gasteiger partial charge in [0.05, 0.1) is 40.3 Å². The van der Waals surface area contributed by atoms with Crippen LogP contribution in [0.3, 0.4) is 0 Å². The monoisotopic (exact) mass is 1010 g/mol. The number of hydrogen-bond donors (Lipinski definition) is 0. The molecule has 0 amide bonds. The summed E-state index contributed by atoms with van der Waals surface area (Å²) < 4.78 is 22.6. The van der Waals surface area contributed by atoms with Gasteiger partial charge in [0.15, 0.2) is 12.4 Å². The van der Waals surface area contributed by atoms with E-state index in [0.717, 1.165) is 96.3 Å². The molecule has 0 bridgehead atoms. The van der Waals surface area contributed by atoms with Crippen LogP contribution in [0.1, 0.15) is 239 Å². The van der Waals surface area contributed by atoms with Gasteiger partial charge in [-0.1, -0.05) is 227 Å². The first kappa shape index (κ1) is 68.5. The number of esters is 2. The number of aliphatic carboxylic acids is 1. The smallest absolute Gasteiger partial charge is 0.306 e. The fourth-order valence-corrected chi connectivity index (χ4v) is 7.90. The maximum Gasteiger partial charge on any atom is 0.306 e. The number of carboxylic acid groups (broad SMARTS) is 1. The van der Waals surface area contributed by atoms with Crippen LogP contribution in [0, 0.1) is 0 Å². The van der Waals surface area contributed by atoms with Gasteiger partial charge in [-0.05, 0) is 83.5 Å². The van der Waals surface area contributed by atoms with Crippen molar-refractivity contribution in [3.8, 4) is 0 Å². The van der Waals surface area contributed by atoms with Crippen molar-refractivity contribution in [1.82, 2.24) is 0 Å². The Hall–Kier alpha value is -3.53. The highest BCUT2D eigenvalue weighted by Gasteiger charge is 2.22. The largest absolute Gasteiger partial charge is 0.545 e. The van der Waals surface area contributed by atoms with Gasteiger partial charge in [0.1, 0.15) is 13.2 Å². The first-order valence-corrected chi connectivity index (χ1v) is 29.2. The molecule has 72 heavy (non-hydrogen) atoms. The van der Waals surface area contributed by atoms with E-state index in [9.17, 15) is 19.5 Å². The van der Waals surface area contributed by atoms with Crippen LogP contribution in [-0.2, 0) is 33.3 Å². The Morgan fingerprint density at radius 1 is 0.431 bits per heavy atom. The number of rotatable bonds is 53. The van der Waals surface area contributed by atoms with Crippen LogP contribution in [0.2, 0.25) is 0 Å². The van der Waals surface area contributed by atoms with E-state index in [4.69, 9.17) is 18.9 Å². The van der Waals surface area contributed by atoms with Crippen molar-refractivity contribution in [2.45, 2.75) is 251 Å². The van der Waals surface area contributed by atoms with Gasteiger partial charge in [-0.25, -0.2) is 0 Å². The lowest BCUT2D eigenvalue weighted by Crippen LogP contribution is -2.44. The van der Waals surface area contributed by atoms with Crippen LogP contribution in [0.5, 0.6) is 0 Å². The highest BCUT2D eigenvalue weighted by molar-refractivity contribution is 5.70. The molecule has 0 spiro atoms. The maximum absolute atomic E-state index is 12.8. The fourth-order valence-electron chi connectivity index (χ4n) is 7.90. The highest BCUT2D eigenvalue weighted by Crippen LogP contribution is 2.16. The van der Waals surface area contributed by atoms with Gasteiger partial charge in [-0.15, -0.1) is 0 Å². The zero-order valence-corrected chi connectivity index (χ0v) is 47.0. The van der Waals surface area contributed by atoms with E-state index >= 15 is 0 Å². The molecule has 2 unspecified atom stereocenters. The van der Waals surface area contributed by atoms with Gasteiger partial charge < -0.3 is 33.3 Å². The summed E-state index contributed by atoms with van der Waals surface area (Å²) >= 11 is 0. The Kier molecular flexibility index (Phi) is 51.1. The SMILES string of the molecule is CC/C=C\C/C=C\C/C=C\C/C=C\C/C=C\C/C=C\CCCCCCCCCCCCCCCCCCCCC(=O)OC(COC(=O)CCCCCCC/C=C\CCC)COC(OCC[N+](C)(C)C)C(=O)[O-]. The molecule has 0 aliphatic heterocycles. The summed E-state index contributed by atoms with van der Waals surface area (Å²) in [6, 6.07) is 0. The Labute approximate surface area is 442 Å². The van der Waals surface area contributed by atoms with Crippen LogP contribution < -0.4 is 5.11 Å². The normalized spacial score (nSPS) is 13.4. The molecule has 0 aromatic carbocycles. The van der Waals surface area contributed by atoms with E-state index in [1.807, 2.05) is 21.1 Å². The summed E-state index contributed by atoms with van der Waals surface area (Å²) in [7, 11) is 5.91. The minimum atomic E-state index is -1.62. The number of carbonyl (C=O) groups excluding carboxylic acids is 3. The lowest BCUT2D eigenvalue weighted by atomic mass is 10.0. The van der Waals surface area contributed by atoms with Crippen molar-refractivity contribution in [3.05, 3.63) is 85.1 Å². The molecule has 0 saturated heterocycles. The molecule has 0 N–H and O–H groups in total. The highest BCUT2D eigenvalue weighted by atomic mass is 16.7. The lowest BCUT2D eigenvalue weighted by Gasteiger charge is -2.26. The molecule has 0 aliphatic carbocycles. The molecule has 414 valence electrons. The summed E-state index contributed by atoms with van der Waals surface area (Å²) in [5.74, 6) is -2.30. The molecule has 0 saturated carbocycles. The lowest BCUT2D eigenvalue weighted by molar-refractivity contribution is -0.870. The first-order valence-electron chi connectivity index (χ1n) is 29.2. The van der Waals surface area contributed by atoms with Gasteiger partial charge in [0.2, 0.25) is 0 Å². The number of unbranched alkanes of at least 4 members (excludes halogenated alkanes) is 24. The van der Waals surface area contributed by atoms with Gasteiger partial charge in [-0.3, -0.25) is 9.59 Å². The Bertz CT molecular complexity index is 1450. The molecule has 9 heteroatoms. The minimum absolute atomic E-state index is 0.145. The average Bonchev–Trinajstić information content (AvgIpc) is 3.35. The van der Waals surface area contributed by atoms with Crippen LogP contribution in [0.25, 0.3) is 0 Å². The number of carboxylic acids is 1. The van der Waals surface area contributed by atoms with Crippen molar-refractivity contribution >= 4 is 17.9 Å². The van der Waals surface area contributed by atoms with Crippen LogP contribution in [0.15, 0.2) is 85.1 Å². The molecule has 0 radical (unpaired) electrons. The standard InChI is InChI=1S/C63H109NO8/c1-6-8-10-12-14-16-18-19-20-21-22-23-24-25-26-27-28-29-30-31-32-33-34-35-36-37-38-39-40-41-42-43-44-46-48-50-52-54-61(66)72-59(58-71-63(62(67)68)69-56-55-64(3,4)5)57-70-60(65)53-51-49-47-45-17-15-13-11-9-7-2/h8,10-11,13-14,16,19-20,22-23,25-26,28-29,59,63H,6-7,9,12,15,17-18,21,24,27,30-58H2,1-5H3/b10-8-,13-11-,16-14-,20-19-,23-22-,26-25-,29-28-. The molecular formula is C63H109NO8. The van der Waals surface area contributed by atoms with E-state index in [0.29, 0.717) is 17.4 Å². The summed E-state index contributed by atoms with van der Waals surface area (Å²) in [6.07, 6.45) is 68.1. The second-order valence-corrected chi connectivity index (χ2v) is 20.5. The van der Waals surface area contributed by atoms with Crippen LogP contribution >= 0.6 is 0 Å². The number of quaternary nitrogens is 1. The van der Waals surface area contributed by atoms with E-state index in [1.165, 1.54) is 109 Å². The second kappa shape index (κ2) is 53.8. The van der Waals surface area contributed by atoms with Crippen molar-refractivity contribution in [2.24, 2.45) is 0 Å². The molecule has 0 aromatic heterocycles. The third kappa shape index (κ3) is 54.2. The third-order valence-electron chi connectivity index (χ3n) is 12.4. The van der Waals surface area contributed by atoms with E-state index in [2.05, 4.69) is 98.9 Å². The maximum atomic E-state index is 12.8. The third-order valence-corrected chi connectivity index (χ3v) is 12.4. The van der Waals surface area contributed by atoms with Gasteiger partial charge in [0.25, 0.3) is 0 Å². The molecule has 2 atom stereocenters. The summed E-state index contributed by atoms with van der Waals surface area (Å²) in [5.41, 5.74) is 0. The van der Waals surface area contributed by atoms with E-state index in [1.54, 1.807) is 0 Å². The average molecular weight is 1010 g/mol. The summed E-state index contributed by atoms with van der Waals surface area (Å²) in [6.45, 7) is 4.56. The Morgan fingerprint density at radius 2 is 0.792 bits per heavy atom. The van der Waals surface area contributed by atoms with Crippen molar-refractivity contribution in [2.75, 3.05) is 47.5 Å². The summed E-state index contributed by atoms with van der Waals surface area (Å²) in [5, 5.41) is 11.7. The fraction of sp³-hybridized carbons (Fsp3) is 0.730. The molecule has 0 rings (SSSR count). The van der Waals surface area contributed by atoms with Gasteiger partial charge in [0, 0.05) is 12.8 Å². The summed E-state index contributed by atoms with van der Waals surface area (Å²) in [4.78, 5) is 37.1. The van der Waals surface area contributed by atoms with Gasteiger partial charge >= 0.3 is 11.9 Å². The quantitative estimate of drug-likeness (QED) is 0.0195. The van der Waals surface area contributed by atoms with Crippen molar-refractivity contribution in [3.63, 3.8) is 0 Å². The van der Waals surface area contributed by atoms with Crippen LogP contribution in [0.4, 0.5) is 0 Å². The number of hydrogen-bond acceptors (Lipinski definition) is 8. The van der Waals surface area contributed by atoms with E-state index < -0.39 is 24.3 Å². The predicted molar refractivity (Wildman–Crippen MR) is 301 cm³/mol. The number of nitrogens with zero attached hydrogens (tertiary/aromatic N) is 1. The Morgan fingerprint density at radius 3 is 1.19 bits per heavy atom. The predicted octanol–water partition coefficient (Wildman–Crippen LogP) is 15.8. The van der Waals surface area contributed by atoms with Crippen molar-refractivity contribution in [1.29, 1.82) is 0 Å². The molecular weight excluding hydrogens is 899 g/mol. The van der Waals surface area contributed by atoms with E-state index in [-0.39, 0.29) is 38.6 Å². The van der Waals surface area contributed by atoms with Crippen LogP contribution in [-0.4, -0.2) is 82.3 Å². The zero-order chi connectivity index (χ0) is 52.7. The zero-order valence-electron chi connectivity index (χ0n) is 47.0. The topological polar surface area (TPSA) is 111 Å². The first-order chi connectivity index (χ1) is 35.1. The second-order valence-electron chi connectivity index (χ2n) is 20.5. The van der Waals surface area contributed by atoms with Crippen molar-refractivity contribution < 1.29 is 42.9 Å².